The third-order valence-corrected chi connectivity index (χ3v) is 2.02. The Labute approximate surface area is 88.7 Å². The highest BCUT2D eigenvalue weighted by molar-refractivity contribution is 5.90. The van der Waals surface area contributed by atoms with Crippen LogP contribution in [0.2, 0.25) is 0 Å². The van der Waals surface area contributed by atoms with E-state index in [1.165, 1.54) is 7.11 Å². The van der Waals surface area contributed by atoms with Crippen LogP contribution in [0.1, 0.15) is 10.4 Å². The fourth-order valence-electron chi connectivity index (χ4n) is 1.19. The summed E-state index contributed by atoms with van der Waals surface area (Å²) in [6.07, 6.45) is 0. The zero-order chi connectivity index (χ0) is 11.3. The summed E-state index contributed by atoms with van der Waals surface area (Å²) in [6, 6.07) is 9.01. The fourth-order valence-corrected chi connectivity index (χ4v) is 1.19. The first-order valence-corrected chi connectivity index (χ1v) is 4.45. The van der Waals surface area contributed by atoms with Crippen LogP contribution in [0.5, 0.6) is 0 Å². The Morgan fingerprint density at radius 3 is 2.93 bits per heavy atom. The van der Waals surface area contributed by atoms with E-state index in [0.717, 1.165) is 5.69 Å². The van der Waals surface area contributed by atoms with Crippen LogP contribution < -0.4 is 4.90 Å². The fraction of sp³-hybridized carbons (Fsp3) is 0.273. The maximum atomic E-state index is 11.2. The van der Waals surface area contributed by atoms with Crippen LogP contribution in [-0.4, -0.2) is 26.7 Å². The first kappa shape index (κ1) is 11.1. The molecule has 1 aromatic carbocycles. The first-order valence-electron chi connectivity index (χ1n) is 4.45. The van der Waals surface area contributed by atoms with Gasteiger partial charge in [0.2, 0.25) is 0 Å². The van der Waals surface area contributed by atoms with E-state index in [9.17, 15) is 4.79 Å². The molecule has 1 aromatic rings. The van der Waals surface area contributed by atoms with Crippen LogP contribution in [0.4, 0.5) is 5.69 Å². The molecule has 0 spiro atoms. The van der Waals surface area contributed by atoms with Crippen LogP contribution in [0.3, 0.4) is 0 Å². The number of nitriles is 1. The summed E-state index contributed by atoms with van der Waals surface area (Å²) in [6.45, 7) is 0.282. The van der Waals surface area contributed by atoms with Crippen LogP contribution in [-0.2, 0) is 4.74 Å². The van der Waals surface area contributed by atoms with Gasteiger partial charge in [-0.25, -0.2) is 4.79 Å². The lowest BCUT2D eigenvalue weighted by Gasteiger charge is -2.15. The minimum Gasteiger partial charge on any atom is -0.465 e. The normalized spacial score (nSPS) is 9.13. The van der Waals surface area contributed by atoms with Crippen molar-refractivity contribution in [1.82, 2.24) is 0 Å². The number of carbonyl (C=O) groups is 1. The second-order valence-corrected chi connectivity index (χ2v) is 3.06. The van der Waals surface area contributed by atoms with Gasteiger partial charge < -0.3 is 9.64 Å². The van der Waals surface area contributed by atoms with E-state index < -0.39 is 0 Å². The Morgan fingerprint density at radius 2 is 2.33 bits per heavy atom. The molecule has 4 heteroatoms. The Morgan fingerprint density at radius 1 is 1.60 bits per heavy atom. The highest BCUT2D eigenvalue weighted by Crippen LogP contribution is 2.14. The molecule has 0 aliphatic rings. The first-order chi connectivity index (χ1) is 7.19. The molecule has 15 heavy (non-hydrogen) atoms. The van der Waals surface area contributed by atoms with Gasteiger partial charge >= 0.3 is 5.97 Å². The van der Waals surface area contributed by atoms with Crippen LogP contribution in [0, 0.1) is 11.3 Å². The third kappa shape index (κ3) is 2.71. The van der Waals surface area contributed by atoms with Gasteiger partial charge in [0.25, 0.3) is 0 Å². The Bertz CT molecular complexity index is 396. The Kier molecular flexibility index (Phi) is 3.69. The third-order valence-electron chi connectivity index (χ3n) is 2.02. The minimum atomic E-state index is -0.373. The second-order valence-electron chi connectivity index (χ2n) is 3.06. The molecular formula is C11H12N2O2. The van der Waals surface area contributed by atoms with E-state index in [2.05, 4.69) is 4.74 Å². The van der Waals surface area contributed by atoms with Gasteiger partial charge in [-0.15, -0.1) is 0 Å². The lowest BCUT2D eigenvalue weighted by molar-refractivity contribution is 0.0601. The number of rotatable bonds is 3. The van der Waals surface area contributed by atoms with Gasteiger partial charge in [0.05, 0.1) is 18.7 Å². The highest BCUT2D eigenvalue weighted by Gasteiger charge is 2.07. The topological polar surface area (TPSA) is 53.3 Å². The summed E-state index contributed by atoms with van der Waals surface area (Å²) in [4.78, 5) is 13.0. The number of hydrogen-bond donors (Lipinski definition) is 0. The minimum absolute atomic E-state index is 0.282. The monoisotopic (exact) mass is 204 g/mol. The molecule has 0 bridgehead atoms. The summed E-state index contributed by atoms with van der Waals surface area (Å²) >= 11 is 0. The van der Waals surface area contributed by atoms with Crippen molar-refractivity contribution in [2.75, 3.05) is 25.6 Å². The van der Waals surface area contributed by atoms with Gasteiger partial charge in [0.15, 0.2) is 0 Å². The lowest BCUT2D eigenvalue weighted by atomic mass is 10.2. The summed E-state index contributed by atoms with van der Waals surface area (Å²) in [5.74, 6) is -0.373. The van der Waals surface area contributed by atoms with Crippen molar-refractivity contribution in [2.24, 2.45) is 0 Å². The number of hydrogen-bond acceptors (Lipinski definition) is 4. The van der Waals surface area contributed by atoms with E-state index in [0.29, 0.717) is 5.56 Å². The average molecular weight is 204 g/mol. The molecule has 0 aliphatic heterocycles. The molecular weight excluding hydrogens is 192 g/mol. The van der Waals surface area contributed by atoms with E-state index in [4.69, 9.17) is 5.26 Å². The number of carbonyl (C=O) groups excluding carboxylic acids is 1. The number of esters is 1. The van der Waals surface area contributed by atoms with E-state index in [-0.39, 0.29) is 12.5 Å². The molecule has 78 valence electrons. The molecule has 1 rings (SSSR count). The number of nitrogens with zero attached hydrogens (tertiary/aromatic N) is 2. The highest BCUT2D eigenvalue weighted by atomic mass is 16.5. The molecule has 0 atom stereocenters. The smallest absolute Gasteiger partial charge is 0.337 e. The van der Waals surface area contributed by atoms with Crippen molar-refractivity contribution in [2.45, 2.75) is 0 Å². The lowest BCUT2D eigenvalue weighted by Crippen LogP contribution is -2.17. The van der Waals surface area contributed by atoms with Gasteiger partial charge in [-0.2, -0.15) is 5.26 Å². The molecule has 0 saturated carbocycles. The predicted octanol–water partition coefficient (Wildman–Crippen LogP) is 1.43. The van der Waals surface area contributed by atoms with Gasteiger partial charge in [0.1, 0.15) is 6.54 Å². The summed E-state index contributed by atoms with van der Waals surface area (Å²) < 4.78 is 4.61. The molecule has 0 amide bonds. The largest absolute Gasteiger partial charge is 0.465 e. The number of anilines is 1. The van der Waals surface area contributed by atoms with Gasteiger partial charge in [-0.3, -0.25) is 0 Å². The zero-order valence-corrected chi connectivity index (χ0v) is 8.73. The van der Waals surface area contributed by atoms with Crippen LogP contribution in [0.15, 0.2) is 24.3 Å². The molecule has 0 fully saturated rings. The zero-order valence-electron chi connectivity index (χ0n) is 8.73. The van der Waals surface area contributed by atoms with Crippen molar-refractivity contribution >= 4 is 11.7 Å². The molecule has 0 heterocycles. The SMILES string of the molecule is COC(=O)c1cccc(N(C)CC#N)c1. The molecule has 0 unspecified atom stereocenters. The predicted molar refractivity (Wildman–Crippen MR) is 56.7 cm³/mol. The van der Waals surface area contributed by atoms with Gasteiger partial charge in [0, 0.05) is 12.7 Å². The second kappa shape index (κ2) is 5.01. The van der Waals surface area contributed by atoms with Crippen LogP contribution in [0.25, 0.3) is 0 Å². The molecule has 4 nitrogen and oxygen atoms in total. The van der Waals surface area contributed by atoms with Crippen LogP contribution >= 0.6 is 0 Å². The number of methoxy groups -OCH3 is 1. The van der Waals surface area contributed by atoms with E-state index >= 15 is 0 Å². The number of benzene rings is 1. The van der Waals surface area contributed by atoms with Crippen molar-refractivity contribution in [3.05, 3.63) is 29.8 Å². The molecule has 0 aromatic heterocycles. The molecule has 0 N–H and O–H groups in total. The maximum absolute atomic E-state index is 11.2. The maximum Gasteiger partial charge on any atom is 0.337 e. The Balaban J connectivity index is 2.93. The summed E-state index contributed by atoms with van der Waals surface area (Å²) in [5.41, 5.74) is 1.30. The Hall–Kier alpha value is -2.02. The van der Waals surface area contributed by atoms with E-state index in [1.54, 1.807) is 30.1 Å². The standard InChI is InChI=1S/C11H12N2O2/c1-13(7-6-12)10-5-3-4-9(8-10)11(14)15-2/h3-5,8H,7H2,1-2H3. The van der Waals surface area contributed by atoms with Gasteiger partial charge in [-0.1, -0.05) is 6.07 Å². The summed E-state index contributed by atoms with van der Waals surface area (Å²) in [5, 5.41) is 8.54. The van der Waals surface area contributed by atoms with Crippen molar-refractivity contribution in [3.63, 3.8) is 0 Å². The molecule has 0 aliphatic carbocycles. The van der Waals surface area contributed by atoms with Gasteiger partial charge in [-0.05, 0) is 18.2 Å². The quantitative estimate of drug-likeness (QED) is 0.552. The number of ether oxygens (including phenoxy) is 1. The van der Waals surface area contributed by atoms with Crippen molar-refractivity contribution < 1.29 is 9.53 Å². The average Bonchev–Trinajstić information content (AvgIpc) is 2.28. The summed E-state index contributed by atoms with van der Waals surface area (Å²) in [7, 11) is 3.13. The van der Waals surface area contributed by atoms with Crippen molar-refractivity contribution in [3.8, 4) is 6.07 Å². The molecule has 0 saturated heterocycles. The molecule has 0 radical (unpaired) electrons. The van der Waals surface area contributed by atoms with Crippen molar-refractivity contribution in [1.29, 1.82) is 5.26 Å². The van der Waals surface area contributed by atoms with E-state index in [1.807, 2.05) is 12.1 Å².